The van der Waals surface area contributed by atoms with Crippen LogP contribution in [0.2, 0.25) is 0 Å². The highest BCUT2D eigenvalue weighted by Crippen LogP contribution is 2.11. The Labute approximate surface area is 105 Å². The number of nitrogens with two attached hydrogens (primary N) is 1. The molecule has 8 heteroatoms. The van der Waals surface area contributed by atoms with E-state index < -0.39 is 14.9 Å². The number of nitro benzene ring substituents is 1. The summed E-state index contributed by atoms with van der Waals surface area (Å²) in [4.78, 5) is 9.97. The molecule has 0 saturated heterocycles. The maximum absolute atomic E-state index is 10.7. The van der Waals surface area contributed by atoms with Gasteiger partial charge in [0.05, 0.1) is 10.7 Å². The average molecular weight is 273 g/mol. The number of hydrogen-bond acceptors (Lipinski definition) is 5. The van der Waals surface area contributed by atoms with E-state index in [0.717, 1.165) is 5.56 Å². The molecule has 0 aliphatic rings. The van der Waals surface area contributed by atoms with Crippen LogP contribution in [-0.2, 0) is 16.6 Å². The number of hydrogen-bond donors (Lipinski definition) is 2. The molecular weight excluding hydrogens is 258 g/mol. The largest absolute Gasteiger partial charge is 0.313 e. The lowest BCUT2D eigenvalue weighted by Crippen LogP contribution is -2.22. The second kappa shape index (κ2) is 6.43. The molecule has 1 rings (SSSR count). The topological polar surface area (TPSA) is 115 Å². The summed E-state index contributed by atoms with van der Waals surface area (Å²) in [6.45, 7) is 1.05. The van der Waals surface area contributed by atoms with Crippen molar-refractivity contribution in [3.63, 3.8) is 0 Å². The van der Waals surface area contributed by atoms with Crippen molar-refractivity contribution in [1.29, 1.82) is 0 Å². The van der Waals surface area contributed by atoms with E-state index >= 15 is 0 Å². The molecule has 0 aliphatic carbocycles. The first-order chi connectivity index (χ1) is 8.38. The molecule has 0 amide bonds. The monoisotopic (exact) mass is 273 g/mol. The molecular formula is C10H15N3O4S. The number of sulfonamides is 1. The number of rotatable bonds is 7. The third-order valence-electron chi connectivity index (χ3n) is 2.26. The van der Waals surface area contributed by atoms with Crippen LogP contribution in [0.15, 0.2) is 24.3 Å². The van der Waals surface area contributed by atoms with Gasteiger partial charge < -0.3 is 5.32 Å². The number of primary sulfonamides is 1. The van der Waals surface area contributed by atoms with Gasteiger partial charge in [-0.25, -0.2) is 13.6 Å². The van der Waals surface area contributed by atoms with Gasteiger partial charge in [-0.05, 0) is 18.5 Å². The molecule has 0 saturated carbocycles. The van der Waals surface area contributed by atoms with Crippen molar-refractivity contribution in [2.75, 3.05) is 12.3 Å². The van der Waals surface area contributed by atoms with Gasteiger partial charge in [-0.3, -0.25) is 10.1 Å². The molecule has 7 nitrogen and oxygen atoms in total. The molecule has 0 radical (unpaired) electrons. The SMILES string of the molecule is NS(=O)(=O)CCCNCc1ccc([N+](=O)[O-])cc1. The van der Waals surface area contributed by atoms with E-state index in [4.69, 9.17) is 5.14 Å². The van der Waals surface area contributed by atoms with Gasteiger partial charge in [0.15, 0.2) is 0 Å². The van der Waals surface area contributed by atoms with E-state index in [-0.39, 0.29) is 11.4 Å². The second-order valence-corrected chi connectivity index (χ2v) is 5.55. The lowest BCUT2D eigenvalue weighted by Gasteiger charge is -2.04. The Morgan fingerprint density at radius 1 is 1.28 bits per heavy atom. The Morgan fingerprint density at radius 3 is 2.39 bits per heavy atom. The molecule has 0 unspecified atom stereocenters. The van der Waals surface area contributed by atoms with Crippen molar-refractivity contribution in [1.82, 2.24) is 5.32 Å². The predicted molar refractivity (Wildman–Crippen MR) is 67.4 cm³/mol. The third kappa shape index (κ3) is 5.71. The van der Waals surface area contributed by atoms with Gasteiger partial charge >= 0.3 is 0 Å². The van der Waals surface area contributed by atoms with E-state index in [1.807, 2.05) is 0 Å². The first-order valence-electron chi connectivity index (χ1n) is 5.33. The summed E-state index contributed by atoms with van der Waals surface area (Å²) in [6.07, 6.45) is 0.436. The highest BCUT2D eigenvalue weighted by atomic mass is 32.2. The van der Waals surface area contributed by atoms with Crippen molar-refractivity contribution in [2.24, 2.45) is 5.14 Å². The Bertz CT molecular complexity index is 498. The van der Waals surface area contributed by atoms with Crippen LogP contribution in [0.4, 0.5) is 5.69 Å². The zero-order chi connectivity index (χ0) is 13.6. The van der Waals surface area contributed by atoms with Gasteiger partial charge in [0.25, 0.3) is 5.69 Å². The number of non-ortho nitro benzene ring substituents is 1. The van der Waals surface area contributed by atoms with Gasteiger partial charge in [-0.1, -0.05) is 12.1 Å². The summed E-state index contributed by atoms with van der Waals surface area (Å²) in [5.41, 5.74) is 0.948. The second-order valence-electron chi connectivity index (χ2n) is 3.82. The molecule has 18 heavy (non-hydrogen) atoms. The summed E-state index contributed by atoms with van der Waals surface area (Å²) in [6, 6.07) is 6.18. The van der Waals surface area contributed by atoms with Crippen LogP contribution in [0.3, 0.4) is 0 Å². The van der Waals surface area contributed by atoms with Crippen LogP contribution < -0.4 is 10.5 Å². The molecule has 0 heterocycles. The van der Waals surface area contributed by atoms with E-state index in [1.54, 1.807) is 12.1 Å². The Balaban J connectivity index is 2.29. The van der Waals surface area contributed by atoms with Gasteiger partial charge in [0.1, 0.15) is 0 Å². The first-order valence-corrected chi connectivity index (χ1v) is 7.04. The molecule has 0 aliphatic heterocycles. The Hall–Kier alpha value is -1.51. The standard InChI is InChI=1S/C10H15N3O4S/c11-18(16,17)7-1-6-12-8-9-2-4-10(5-3-9)13(14)15/h2-5,12H,1,6-8H2,(H2,11,16,17). The molecule has 100 valence electrons. The molecule has 0 atom stereocenters. The van der Waals surface area contributed by atoms with E-state index in [2.05, 4.69) is 5.32 Å². The summed E-state index contributed by atoms with van der Waals surface area (Å²) in [5.74, 6) is -0.0553. The van der Waals surface area contributed by atoms with E-state index in [9.17, 15) is 18.5 Å². The molecule has 1 aromatic rings. The molecule has 0 fully saturated rings. The summed E-state index contributed by atoms with van der Waals surface area (Å²) in [7, 11) is -3.40. The summed E-state index contributed by atoms with van der Waals surface area (Å²) < 4.78 is 21.3. The molecule has 0 bridgehead atoms. The maximum Gasteiger partial charge on any atom is 0.269 e. The summed E-state index contributed by atoms with van der Waals surface area (Å²) >= 11 is 0. The van der Waals surface area contributed by atoms with Crippen LogP contribution in [-0.4, -0.2) is 25.6 Å². The fourth-order valence-electron chi connectivity index (χ4n) is 1.37. The highest BCUT2D eigenvalue weighted by Gasteiger charge is 2.04. The number of benzene rings is 1. The molecule has 0 aromatic heterocycles. The Morgan fingerprint density at radius 2 is 1.89 bits per heavy atom. The highest BCUT2D eigenvalue weighted by molar-refractivity contribution is 7.89. The predicted octanol–water partition coefficient (Wildman–Crippen LogP) is 0.363. The molecule has 3 N–H and O–H groups in total. The minimum Gasteiger partial charge on any atom is -0.313 e. The van der Waals surface area contributed by atoms with Gasteiger partial charge in [-0.2, -0.15) is 0 Å². The zero-order valence-corrected chi connectivity index (χ0v) is 10.5. The first kappa shape index (κ1) is 14.6. The lowest BCUT2D eigenvalue weighted by atomic mass is 10.2. The van der Waals surface area contributed by atoms with E-state index in [0.29, 0.717) is 19.5 Å². The fraction of sp³-hybridized carbons (Fsp3) is 0.400. The van der Waals surface area contributed by atoms with Crippen LogP contribution in [0.1, 0.15) is 12.0 Å². The van der Waals surface area contributed by atoms with Crippen molar-refractivity contribution in [2.45, 2.75) is 13.0 Å². The van der Waals surface area contributed by atoms with Gasteiger partial charge in [-0.15, -0.1) is 0 Å². The lowest BCUT2D eigenvalue weighted by molar-refractivity contribution is -0.384. The smallest absolute Gasteiger partial charge is 0.269 e. The zero-order valence-electron chi connectivity index (χ0n) is 9.70. The third-order valence-corrected chi connectivity index (χ3v) is 3.12. The molecule has 0 spiro atoms. The van der Waals surface area contributed by atoms with Crippen LogP contribution >= 0.6 is 0 Å². The van der Waals surface area contributed by atoms with Crippen LogP contribution in [0, 0.1) is 10.1 Å². The number of nitrogens with zero attached hydrogens (tertiary/aromatic N) is 1. The van der Waals surface area contributed by atoms with Crippen molar-refractivity contribution in [3.8, 4) is 0 Å². The minimum absolute atomic E-state index is 0.0491. The number of nitro groups is 1. The number of nitrogens with one attached hydrogen (secondary N) is 1. The van der Waals surface area contributed by atoms with Crippen molar-refractivity contribution >= 4 is 15.7 Å². The van der Waals surface area contributed by atoms with Crippen LogP contribution in [0.25, 0.3) is 0 Å². The van der Waals surface area contributed by atoms with Crippen molar-refractivity contribution in [3.05, 3.63) is 39.9 Å². The van der Waals surface area contributed by atoms with Crippen LogP contribution in [0.5, 0.6) is 0 Å². The summed E-state index contributed by atoms with van der Waals surface area (Å²) in [5, 5.41) is 18.3. The quantitative estimate of drug-likeness (QED) is 0.423. The normalized spacial score (nSPS) is 11.4. The van der Waals surface area contributed by atoms with Gasteiger partial charge in [0.2, 0.25) is 10.0 Å². The van der Waals surface area contributed by atoms with Crippen molar-refractivity contribution < 1.29 is 13.3 Å². The van der Waals surface area contributed by atoms with E-state index in [1.165, 1.54) is 12.1 Å². The fourth-order valence-corrected chi connectivity index (χ4v) is 1.91. The molecule has 1 aromatic carbocycles. The Kier molecular flexibility index (Phi) is 5.20. The minimum atomic E-state index is -3.40. The average Bonchev–Trinajstić information content (AvgIpc) is 2.27. The van der Waals surface area contributed by atoms with Gasteiger partial charge in [0, 0.05) is 18.7 Å². The maximum atomic E-state index is 10.7.